The van der Waals surface area contributed by atoms with Crippen molar-refractivity contribution in [2.24, 2.45) is 0 Å². The van der Waals surface area contributed by atoms with Gasteiger partial charge >= 0.3 is 0 Å². The second-order valence-electron chi connectivity index (χ2n) is 4.08. The van der Waals surface area contributed by atoms with Gasteiger partial charge in [-0.3, -0.25) is 10.1 Å². The van der Waals surface area contributed by atoms with Crippen LogP contribution in [0.15, 0.2) is 36.5 Å². The van der Waals surface area contributed by atoms with Crippen molar-refractivity contribution in [3.05, 3.63) is 57.2 Å². The number of hydrogen-bond donors (Lipinski definition) is 1. The van der Waals surface area contributed by atoms with Crippen molar-refractivity contribution in [3.63, 3.8) is 0 Å². The SMILES string of the molecule is C[C@H](O)c1ccnc(Oc2cc([N+](=O)[O-])ccc2Cl)c1. The van der Waals surface area contributed by atoms with Crippen molar-refractivity contribution >= 4 is 17.3 Å². The summed E-state index contributed by atoms with van der Waals surface area (Å²) in [6.45, 7) is 1.61. The van der Waals surface area contributed by atoms with Gasteiger partial charge in [0, 0.05) is 18.3 Å². The lowest BCUT2D eigenvalue weighted by atomic mass is 10.2. The van der Waals surface area contributed by atoms with Gasteiger partial charge in [-0.25, -0.2) is 4.98 Å². The van der Waals surface area contributed by atoms with Crippen LogP contribution in [0.2, 0.25) is 5.02 Å². The minimum atomic E-state index is -0.666. The number of non-ortho nitro benzene ring substituents is 1. The van der Waals surface area contributed by atoms with E-state index in [1.54, 1.807) is 19.1 Å². The standard InChI is InChI=1S/C13H11ClN2O4/c1-8(17)9-4-5-15-13(6-9)20-12-7-10(16(18)19)2-3-11(12)14/h2-8,17H,1H3/t8-/m0/s1. The Balaban J connectivity index is 2.32. The number of hydrogen-bond acceptors (Lipinski definition) is 5. The third-order valence-electron chi connectivity index (χ3n) is 2.58. The largest absolute Gasteiger partial charge is 0.437 e. The molecule has 2 rings (SSSR count). The molecule has 1 atom stereocenters. The first-order valence-corrected chi connectivity index (χ1v) is 6.11. The summed E-state index contributed by atoms with van der Waals surface area (Å²) >= 11 is 5.93. The molecule has 1 N–H and O–H groups in total. The molecule has 0 aliphatic carbocycles. The summed E-state index contributed by atoms with van der Waals surface area (Å²) in [6, 6.07) is 7.08. The molecule has 0 bridgehead atoms. The summed E-state index contributed by atoms with van der Waals surface area (Å²) in [7, 11) is 0. The molecule has 0 aliphatic heterocycles. The lowest BCUT2D eigenvalue weighted by molar-refractivity contribution is -0.384. The van der Waals surface area contributed by atoms with Gasteiger partial charge in [0.05, 0.1) is 22.1 Å². The number of nitro benzene ring substituents is 1. The highest BCUT2D eigenvalue weighted by atomic mass is 35.5. The molecule has 20 heavy (non-hydrogen) atoms. The predicted molar refractivity (Wildman–Crippen MR) is 73.1 cm³/mol. The monoisotopic (exact) mass is 294 g/mol. The number of aromatic nitrogens is 1. The third-order valence-corrected chi connectivity index (χ3v) is 2.89. The van der Waals surface area contributed by atoms with Crippen LogP contribution in [0.3, 0.4) is 0 Å². The number of aliphatic hydroxyl groups is 1. The van der Waals surface area contributed by atoms with Crippen LogP contribution in [0.1, 0.15) is 18.6 Å². The fourth-order valence-corrected chi connectivity index (χ4v) is 1.69. The first-order valence-electron chi connectivity index (χ1n) is 5.73. The summed E-state index contributed by atoms with van der Waals surface area (Å²) in [5.41, 5.74) is 0.493. The van der Waals surface area contributed by atoms with Crippen LogP contribution in [0.5, 0.6) is 11.6 Å². The highest BCUT2D eigenvalue weighted by Gasteiger charge is 2.12. The van der Waals surface area contributed by atoms with Crippen molar-refractivity contribution < 1.29 is 14.8 Å². The van der Waals surface area contributed by atoms with Crippen molar-refractivity contribution in [1.82, 2.24) is 4.98 Å². The van der Waals surface area contributed by atoms with Gasteiger partial charge in [-0.15, -0.1) is 0 Å². The Labute approximate surface area is 119 Å². The Morgan fingerprint density at radius 3 is 2.80 bits per heavy atom. The van der Waals surface area contributed by atoms with Gasteiger partial charge in [0.2, 0.25) is 5.88 Å². The fraction of sp³-hybridized carbons (Fsp3) is 0.154. The van der Waals surface area contributed by atoms with Crippen LogP contribution < -0.4 is 4.74 Å². The first-order chi connectivity index (χ1) is 9.47. The van der Waals surface area contributed by atoms with E-state index in [-0.39, 0.29) is 22.3 Å². The number of benzene rings is 1. The fourth-order valence-electron chi connectivity index (χ4n) is 1.54. The van der Waals surface area contributed by atoms with E-state index in [4.69, 9.17) is 16.3 Å². The van der Waals surface area contributed by atoms with E-state index in [2.05, 4.69) is 4.98 Å². The van der Waals surface area contributed by atoms with Crippen LogP contribution in [0.25, 0.3) is 0 Å². The second kappa shape index (κ2) is 5.85. The van der Waals surface area contributed by atoms with Crippen LogP contribution >= 0.6 is 11.6 Å². The van der Waals surface area contributed by atoms with Crippen molar-refractivity contribution in [1.29, 1.82) is 0 Å². The number of nitrogens with zero attached hydrogens (tertiary/aromatic N) is 2. The van der Waals surface area contributed by atoms with Gasteiger partial charge in [-0.2, -0.15) is 0 Å². The van der Waals surface area contributed by atoms with Crippen molar-refractivity contribution in [2.45, 2.75) is 13.0 Å². The maximum Gasteiger partial charge on any atom is 0.273 e. The van der Waals surface area contributed by atoms with Crippen LogP contribution in [-0.4, -0.2) is 15.0 Å². The maximum absolute atomic E-state index is 10.7. The number of pyridine rings is 1. The molecule has 7 heteroatoms. The van der Waals surface area contributed by atoms with Crippen molar-refractivity contribution in [2.75, 3.05) is 0 Å². The molecule has 1 aromatic heterocycles. The van der Waals surface area contributed by atoms with E-state index in [9.17, 15) is 15.2 Å². The molecule has 104 valence electrons. The highest BCUT2D eigenvalue weighted by molar-refractivity contribution is 6.32. The molecule has 1 aromatic carbocycles. The van der Waals surface area contributed by atoms with Crippen LogP contribution in [0, 0.1) is 10.1 Å². The predicted octanol–water partition coefficient (Wildman–Crippen LogP) is 3.49. The van der Waals surface area contributed by atoms with E-state index in [0.717, 1.165) is 0 Å². The smallest absolute Gasteiger partial charge is 0.273 e. The van der Waals surface area contributed by atoms with E-state index >= 15 is 0 Å². The molecule has 2 aromatic rings. The zero-order valence-electron chi connectivity index (χ0n) is 10.5. The number of halogens is 1. The van der Waals surface area contributed by atoms with Crippen LogP contribution in [-0.2, 0) is 0 Å². The van der Waals surface area contributed by atoms with Gasteiger partial charge < -0.3 is 9.84 Å². The molecule has 6 nitrogen and oxygen atoms in total. The molecule has 0 fully saturated rings. The van der Waals surface area contributed by atoms with Crippen molar-refractivity contribution in [3.8, 4) is 11.6 Å². The average molecular weight is 295 g/mol. The maximum atomic E-state index is 10.7. The summed E-state index contributed by atoms with van der Waals surface area (Å²) in [5, 5.41) is 20.4. The van der Waals surface area contributed by atoms with E-state index < -0.39 is 11.0 Å². The summed E-state index contributed by atoms with van der Waals surface area (Å²) < 4.78 is 5.43. The average Bonchev–Trinajstić information content (AvgIpc) is 2.41. The normalized spacial score (nSPS) is 11.9. The molecular formula is C13H11ClN2O4. The van der Waals surface area contributed by atoms with Crippen LogP contribution in [0.4, 0.5) is 5.69 Å². The Morgan fingerprint density at radius 2 is 2.15 bits per heavy atom. The zero-order chi connectivity index (χ0) is 14.7. The molecule has 0 saturated carbocycles. The minimum absolute atomic E-state index is 0.129. The first kappa shape index (κ1) is 14.2. The lowest BCUT2D eigenvalue weighted by Crippen LogP contribution is -1.95. The molecule has 1 heterocycles. The summed E-state index contributed by atoms with van der Waals surface area (Å²) in [4.78, 5) is 14.2. The van der Waals surface area contributed by atoms with Gasteiger partial charge in [-0.05, 0) is 24.6 Å². The van der Waals surface area contributed by atoms with E-state index in [1.165, 1.54) is 24.4 Å². The molecule has 0 saturated heterocycles. The summed E-state index contributed by atoms with van der Waals surface area (Å²) in [5.74, 6) is 0.335. The zero-order valence-corrected chi connectivity index (χ0v) is 11.2. The van der Waals surface area contributed by atoms with E-state index in [0.29, 0.717) is 5.56 Å². The Hall–Kier alpha value is -2.18. The Bertz CT molecular complexity index is 646. The minimum Gasteiger partial charge on any atom is -0.437 e. The summed E-state index contributed by atoms with van der Waals surface area (Å²) in [6.07, 6.45) is 0.809. The topological polar surface area (TPSA) is 85.5 Å². The van der Waals surface area contributed by atoms with Gasteiger partial charge in [-0.1, -0.05) is 11.6 Å². The molecule has 0 amide bonds. The Morgan fingerprint density at radius 1 is 1.40 bits per heavy atom. The highest BCUT2D eigenvalue weighted by Crippen LogP contribution is 2.32. The lowest BCUT2D eigenvalue weighted by Gasteiger charge is -2.09. The quantitative estimate of drug-likeness (QED) is 0.689. The van der Waals surface area contributed by atoms with Gasteiger partial charge in [0.1, 0.15) is 0 Å². The molecule has 0 unspecified atom stereocenters. The number of aliphatic hydroxyl groups excluding tert-OH is 1. The van der Waals surface area contributed by atoms with Gasteiger partial charge in [0.25, 0.3) is 5.69 Å². The number of nitro groups is 1. The molecule has 0 aliphatic rings. The Kier molecular flexibility index (Phi) is 4.16. The second-order valence-corrected chi connectivity index (χ2v) is 4.48. The van der Waals surface area contributed by atoms with Gasteiger partial charge in [0.15, 0.2) is 5.75 Å². The number of ether oxygens (including phenoxy) is 1. The third kappa shape index (κ3) is 3.23. The molecular weight excluding hydrogens is 284 g/mol. The molecule has 0 radical (unpaired) electrons. The van der Waals surface area contributed by atoms with E-state index in [1.807, 2.05) is 0 Å². The number of rotatable bonds is 4. The molecule has 0 spiro atoms.